The molecule has 0 saturated heterocycles. The van der Waals surface area contributed by atoms with Crippen LogP contribution in [-0.4, -0.2) is 0 Å². The van der Waals surface area contributed by atoms with Crippen molar-refractivity contribution in [3.05, 3.63) is 29.8 Å². The second kappa shape index (κ2) is 10.4. The van der Waals surface area contributed by atoms with Crippen LogP contribution in [0.1, 0.15) is 70.8 Å². The Labute approximate surface area is 125 Å². The van der Waals surface area contributed by atoms with Crippen LogP contribution >= 0.6 is 12.6 Å². The Balaban J connectivity index is 2.00. The van der Waals surface area contributed by atoms with Gasteiger partial charge in [0.25, 0.3) is 0 Å². The molecule has 108 valence electrons. The molecule has 0 aromatic heterocycles. The fraction of sp³-hybridized carbons (Fsp3) is 0.667. The minimum absolute atomic E-state index is 0.926. The van der Waals surface area contributed by atoms with Crippen LogP contribution in [0, 0.1) is 5.92 Å². The highest BCUT2D eigenvalue weighted by atomic mass is 32.1. The summed E-state index contributed by atoms with van der Waals surface area (Å²) in [7, 11) is 0. The van der Waals surface area contributed by atoms with Gasteiger partial charge in [0.15, 0.2) is 0 Å². The van der Waals surface area contributed by atoms with Gasteiger partial charge in [0.1, 0.15) is 0 Å². The highest BCUT2D eigenvalue weighted by molar-refractivity contribution is 7.80. The van der Waals surface area contributed by atoms with Gasteiger partial charge in [0.2, 0.25) is 0 Å². The molecule has 0 aliphatic carbocycles. The molecule has 0 N–H and O–H groups in total. The zero-order valence-corrected chi connectivity index (χ0v) is 13.6. The monoisotopic (exact) mass is 278 g/mol. The Morgan fingerprint density at radius 3 is 2.16 bits per heavy atom. The van der Waals surface area contributed by atoms with Gasteiger partial charge in [-0.1, -0.05) is 70.9 Å². The largest absolute Gasteiger partial charge is 0.143 e. The molecule has 1 aromatic carbocycles. The Bertz CT molecular complexity index is 315. The molecule has 1 atom stereocenters. The molecule has 0 fully saturated rings. The summed E-state index contributed by atoms with van der Waals surface area (Å²) in [6.45, 7) is 4.70. The Hall–Kier alpha value is -0.430. The summed E-state index contributed by atoms with van der Waals surface area (Å²) >= 11 is 4.31. The van der Waals surface area contributed by atoms with Crippen molar-refractivity contribution in [1.29, 1.82) is 0 Å². The first-order chi connectivity index (χ1) is 9.22. The molecule has 0 amide bonds. The van der Waals surface area contributed by atoms with E-state index in [0.29, 0.717) is 0 Å². The van der Waals surface area contributed by atoms with Crippen molar-refractivity contribution < 1.29 is 0 Å². The molecule has 0 spiro atoms. The highest BCUT2D eigenvalue weighted by Gasteiger charge is 2.01. The van der Waals surface area contributed by atoms with Gasteiger partial charge in [-0.2, -0.15) is 0 Å². The van der Waals surface area contributed by atoms with Crippen LogP contribution in [0.25, 0.3) is 0 Å². The normalized spacial score (nSPS) is 12.6. The van der Waals surface area contributed by atoms with Crippen LogP contribution in [0.5, 0.6) is 0 Å². The van der Waals surface area contributed by atoms with E-state index in [0.717, 1.165) is 10.8 Å². The smallest absolute Gasteiger partial charge is 0.00401 e. The third-order valence-corrected chi connectivity index (χ3v) is 4.20. The first kappa shape index (κ1) is 16.6. The van der Waals surface area contributed by atoms with Crippen molar-refractivity contribution >= 4 is 12.6 Å². The van der Waals surface area contributed by atoms with E-state index in [1.54, 1.807) is 0 Å². The second-order valence-electron chi connectivity index (χ2n) is 5.87. The Morgan fingerprint density at radius 2 is 1.53 bits per heavy atom. The predicted octanol–water partition coefficient (Wildman–Crippen LogP) is 6.29. The van der Waals surface area contributed by atoms with Crippen LogP contribution in [-0.2, 0) is 6.42 Å². The van der Waals surface area contributed by atoms with E-state index >= 15 is 0 Å². The molecule has 0 aliphatic heterocycles. The number of aryl methyl sites for hydroxylation is 1. The van der Waals surface area contributed by atoms with Gasteiger partial charge >= 0.3 is 0 Å². The molecule has 0 aliphatic rings. The summed E-state index contributed by atoms with van der Waals surface area (Å²) in [5.41, 5.74) is 1.45. The lowest BCUT2D eigenvalue weighted by molar-refractivity contribution is 0.440. The van der Waals surface area contributed by atoms with E-state index in [1.165, 1.54) is 63.4 Å². The molecular weight excluding hydrogens is 248 g/mol. The van der Waals surface area contributed by atoms with E-state index in [4.69, 9.17) is 0 Å². The van der Waals surface area contributed by atoms with E-state index in [1.807, 2.05) is 0 Å². The molecule has 0 unspecified atom stereocenters. The predicted molar refractivity (Wildman–Crippen MR) is 89.2 cm³/mol. The number of thiol groups is 1. The van der Waals surface area contributed by atoms with E-state index in [9.17, 15) is 0 Å². The first-order valence-corrected chi connectivity index (χ1v) is 8.45. The van der Waals surface area contributed by atoms with E-state index in [-0.39, 0.29) is 0 Å². The molecule has 0 radical (unpaired) electrons. The molecule has 1 rings (SSSR count). The van der Waals surface area contributed by atoms with E-state index < -0.39 is 0 Å². The van der Waals surface area contributed by atoms with Crippen molar-refractivity contribution in [2.75, 3.05) is 0 Å². The van der Waals surface area contributed by atoms with Gasteiger partial charge in [0.05, 0.1) is 0 Å². The zero-order valence-electron chi connectivity index (χ0n) is 12.7. The van der Waals surface area contributed by atoms with Gasteiger partial charge in [-0.3, -0.25) is 0 Å². The summed E-state index contributed by atoms with van der Waals surface area (Å²) < 4.78 is 0. The molecule has 0 heterocycles. The maximum atomic E-state index is 4.31. The molecule has 0 nitrogen and oxygen atoms in total. The van der Waals surface area contributed by atoms with Crippen LogP contribution < -0.4 is 0 Å². The van der Waals surface area contributed by atoms with Crippen molar-refractivity contribution in [3.8, 4) is 0 Å². The maximum absolute atomic E-state index is 4.31. The minimum atomic E-state index is 0.926. The SMILES string of the molecule is CCCCC[C@H](C)CCCCCc1ccc(S)cc1. The third kappa shape index (κ3) is 8.36. The first-order valence-electron chi connectivity index (χ1n) is 8.00. The number of benzene rings is 1. The fourth-order valence-corrected chi connectivity index (χ4v) is 2.70. The molecule has 1 heteroatoms. The number of hydrogen-bond acceptors (Lipinski definition) is 1. The Morgan fingerprint density at radius 1 is 0.895 bits per heavy atom. The highest BCUT2D eigenvalue weighted by Crippen LogP contribution is 2.17. The summed E-state index contributed by atoms with van der Waals surface area (Å²) in [5.74, 6) is 0.926. The molecular formula is C18H30S. The molecule has 0 bridgehead atoms. The van der Waals surface area contributed by atoms with Gasteiger partial charge in [-0.15, -0.1) is 12.6 Å². The maximum Gasteiger partial charge on any atom is 0.00401 e. The van der Waals surface area contributed by atoms with Crippen molar-refractivity contribution in [1.82, 2.24) is 0 Å². The number of unbranched alkanes of at least 4 members (excludes halogenated alkanes) is 4. The zero-order chi connectivity index (χ0) is 13.9. The molecule has 19 heavy (non-hydrogen) atoms. The van der Waals surface area contributed by atoms with Crippen molar-refractivity contribution in [2.24, 2.45) is 5.92 Å². The summed E-state index contributed by atoms with van der Waals surface area (Å²) in [6.07, 6.45) is 12.3. The van der Waals surface area contributed by atoms with Gasteiger partial charge in [0, 0.05) is 4.90 Å². The second-order valence-corrected chi connectivity index (χ2v) is 6.38. The average molecular weight is 279 g/mol. The molecule has 0 saturated carbocycles. The topological polar surface area (TPSA) is 0 Å². The van der Waals surface area contributed by atoms with E-state index in [2.05, 4.69) is 50.7 Å². The van der Waals surface area contributed by atoms with Gasteiger partial charge in [-0.05, 0) is 36.5 Å². The van der Waals surface area contributed by atoms with Crippen LogP contribution in [0.3, 0.4) is 0 Å². The fourth-order valence-electron chi connectivity index (χ4n) is 2.55. The lowest BCUT2D eigenvalue weighted by Crippen LogP contribution is -1.95. The minimum Gasteiger partial charge on any atom is -0.143 e. The van der Waals surface area contributed by atoms with Crippen LogP contribution in [0.2, 0.25) is 0 Å². The average Bonchev–Trinajstić information content (AvgIpc) is 2.41. The summed E-state index contributed by atoms with van der Waals surface area (Å²) in [5, 5.41) is 0. The van der Waals surface area contributed by atoms with Gasteiger partial charge in [-0.25, -0.2) is 0 Å². The summed E-state index contributed by atoms with van der Waals surface area (Å²) in [4.78, 5) is 1.06. The lowest BCUT2D eigenvalue weighted by Gasteiger charge is -2.10. The van der Waals surface area contributed by atoms with Crippen LogP contribution in [0.4, 0.5) is 0 Å². The van der Waals surface area contributed by atoms with Gasteiger partial charge < -0.3 is 0 Å². The third-order valence-electron chi connectivity index (χ3n) is 3.90. The summed E-state index contributed by atoms with van der Waals surface area (Å²) in [6, 6.07) is 8.59. The Kier molecular flexibility index (Phi) is 9.07. The van der Waals surface area contributed by atoms with Crippen LogP contribution in [0.15, 0.2) is 29.2 Å². The quantitative estimate of drug-likeness (QED) is 0.377. The van der Waals surface area contributed by atoms with Crippen molar-refractivity contribution in [2.45, 2.75) is 76.5 Å². The van der Waals surface area contributed by atoms with Crippen molar-refractivity contribution in [3.63, 3.8) is 0 Å². The molecule has 1 aromatic rings. The number of hydrogen-bond donors (Lipinski definition) is 1. The standard InChI is InChI=1S/C18H30S/c1-3-4-6-9-16(2)10-7-5-8-11-17-12-14-18(19)15-13-17/h12-16,19H,3-11H2,1-2H3/t16-/m0/s1. The lowest BCUT2D eigenvalue weighted by atomic mass is 9.96. The number of rotatable bonds is 10.